The van der Waals surface area contributed by atoms with Crippen LogP contribution in [0.25, 0.3) is 0 Å². The molecule has 134 valence electrons. The van der Waals surface area contributed by atoms with Crippen LogP contribution in [0, 0.1) is 12.8 Å². The normalized spacial score (nSPS) is 18.4. The summed E-state index contributed by atoms with van der Waals surface area (Å²) in [6.07, 6.45) is 5.27. The lowest BCUT2D eigenvalue weighted by Crippen LogP contribution is -2.38. The molecule has 0 saturated carbocycles. The number of aryl methyl sites for hydroxylation is 2. The molecule has 3 rings (SSSR count). The highest BCUT2D eigenvalue weighted by molar-refractivity contribution is 6.30. The zero-order valence-corrected chi connectivity index (χ0v) is 15.8. The van der Waals surface area contributed by atoms with Crippen LogP contribution in [0.2, 0.25) is 5.02 Å². The largest absolute Gasteiger partial charge is 0.298 e. The topological polar surface area (TPSA) is 38.1 Å². The first kappa shape index (κ1) is 18.2. The molecule has 2 heterocycles. The number of aromatic nitrogens is 2. The third-order valence-corrected chi connectivity index (χ3v) is 5.15. The lowest BCUT2D eigenvalue weighted by molar-refractivity contribution is 0.0811. The van der Waals surface area contributed by atoms with Crippen LogP contribution in [0.4, 0.5) is 0 Å². The van der Waals surface area contributed by atoms with E-state index >= 15 is 0 Å². The van der Waals surface area contributed by atoms with Gasteiger partial charge in [0.25, 0.3) is 0 Å². The molecule has 1 atom stereocenters. The molecule has 1 fully saturated rings. The van der Waals surface area contributed by atoms with Crippen LogP contribution in [0.15, 0.2) is 30.5 Å². The van der Waals surface area contributed by atoms with Gasteiger partial charge < -0.3 is 0 Å². The number of carbonyl (C=O) groups excluding carboxylic acids is 1. The zero-order valence-electron chi connectivity index (χ0n) is 15.0. The highest BCUT2D eigenvalue weighted by Crippen LogP contribution is 2.23. The van der Waals surface area contributed by atoms with Gasteiger partial charge in [0, 0.05) is 47.9 Å². The standard InChI is InChI=1S/C20H26ClN3O/c1-3-10-24-14-18(15(2)22-24)13-23-11-4-5-17(12-23)20(25)16-6-8-19(21)9-7-16/h6-9,14,17H,3-5,10-13H2,1-2H3/t17-/m1/s1. The van der Waals surface area contributed by atoms with E-state index in [1.807, 2.05) is 16.8 Å². The molecule has 0 amide bonds. The number of hydrogen-bond donors (Lipinski definition) is 0. The summed E-state index contributed by atoms with van der Waals surface area (Å²) in [4.78, 5) is 15.2. The summed E-state index contributed by atoms with van der Waals surface area (Å²) in [7, 11) is 0. The monoisotopic (exact) mass is 359 g/mol. The Hall–Kier alpha value is -1.65. The first-order chi connectivity index (χ1) is 12.1. The fraction of sp³-hybridized carbons (Fsp3) is 0.500. The van der Waals surface area contributed by atoms with Gasteiger partial charge in [0.15, 0.2) is 5.78 Å². The second kappa shape index (κ2) is 8.15. The first-order valence-corrected chi connectivity index (χ1v) is 9.49. The molecule has 0 unspecified atom stereocenters. The minimum Gasteiger partial charge on any atom is -0.298 e. The molecular weight excluding hydrogens is 334 g/mol. The maximum Gasteiger partial charge on any atom is 0.167 e. The summed E-state index contributed by atoms with van der Waals surface area (Å²) in [5, 5.41) is 5.25. The smallest absolute Gasteiger partial charge is 0.167 e. The first-order valence-electron chi connectivity index (χ1n) is 9.12. The molecule has 1 aromatic heterocycles. The third-order valence-electron chi connectivity index (χ3n) is 4.90. The molecule has 1 saturated heterocycles. The van der Waals surface area contributed by atoms with E-state index in [2.05, 4.69) is 30.0 Å². The van der Waals surface area contributed by atoms with E-state index in [1.54, 1.807) is 12.1 Å². The van der Waals surface area contributed by atoms with Gasteiger partial charge in [-0.25, -0.2) is 0 Å². The number of ketones is 1. The minimum atomic E-state index is 0.0703. The van der Waals surface area contributed by atoms with Gasteiger partial charge in [-0.15, -0.1) is 0 Å². The number of piperidine rings is 1. The van der Waals surface area contributed by atoms with Crippen molar-refractivity contribution in [3.8, 4) is 0 Å². The zero-order chi connectivity index (χ0) is 17.8. The predicted octanol–water partition coefficient (Wildman–Crippen LogP) is 4.35. The molecule has 1 aromatic carbocycles. The molecule has 5 heteroatoms. The van der Waals surface area contributed by atoms with Crippen LogP contribution in [0.1, 0.15) is 47.8 Å². The molecule has 0 aliphatic carbocycles. The maximum absolute atomic E-state index is 12.8. The lowest BCUT2D eigenvalue weighted by Gasteiger charge is -2.31. The van der Waals surface area contributed by atoms with Gasteiger partial charge >= 0.3 is 0 Å². The summed E-state index contributed by atoms with van der Waals surface area (Å²) < 4.78 is 2.03. The van der Waals surface area contributed by atoms with Crippen molar-refractivity contribution in [1.29, 1.82) is 0 Å². The molecule has 1 aliphatic rings. The molecule has 0 N–H and O–H groups in total. The van der Waals surface area contributed by atoms with Gasteiger partial charge in [-0.3, -0.25) is 14.4 Å². The van der Waals surface area contributed by atoms with E-state index in [0.717, 1.165) is 56.7 Å². The van der Waals surface area contributed by atoms with Crippen molar-refractivity contribution in [2.24, 2.45) is 5.92 Å². The van der Waals surface area contributed by atoms with E-state index in [4.69, 9.17) is 11.6 Å². The van der Waals surface area contributed by atoms with Gasteiger partial charge in [0.05, 0.1) is 5.69 Å². The van der Waals surface area contributed by atoms with Crippen LogP contribution in [0.5, 0.6) is 0 Å². The van der Waals surface area contributed by atoms with Crippen LogP contribution in [-0.2, 0) is 13.1 Å². The highest BCUT2D eigenvalue weighted by atomic mass is 35.5. The number of benzene rings is 1. The molecule has 25 heavy (non-hydrogen) atoms. The van der Waals surface area contributed by atoms with E-state index < -0.39 is 0 Å². The number of rotatable bonds is 6. The van der Waals surface area contributed by atoms with Gasteiger partial charge in [0.2, 0.25) is 0 Å². The number of Topliss-reactive ketones (excluding diaryl/α,β-unsaturated/α-hetero) is 1. The van der Waals surface area contributed by atoms with Crippen molar-refractivity contribution < 1.29 is 4.79 Å². The van der Waals surface area contributed by atoms with Crippen LogP contribution in [0.3, 0.4) is 0 Å². The molecular formula is C20H26ClN3O. The Balaban J connectivity index is 1.64. The fourth-order valence-electron chi connectivity index (χ4n) is 3.56. The van der Waals surface area contributed by atoms with Crippen LogP contribution in [-0.4, -0.2) is 33.6 Å². The van der Waals surface area contributed by atoms with Crippen molar-refractivity contribution in [1.82, 2.24) is 14.7 Å². The van der Waals surface area contributed by atoms with Crippen molar-refractivity contribution in [2.45, 2.75) is 46.2 Å². The fourth-order valence-corrected chi connectivity index (χ4v) is 3.69. The van der Waals surface area contributed by atoms with Gasteiger partial charge in [-0.2, -0.15) is 5.10 Å². The second-order valence-corrected chi connectivity index (χ2v) is 7.38. The van der Waals surface area contributed by atoms with Gasteiger partial charge in [-0.1, -0.05) is 18.5 Å². The maximum atomic E-state index is 12.8. The van der Waals surface area contributed by atoms with Crippen molar-refractivity contribution >= 4 is 17.4 Å². The number of nitrogens with zero attached hydrogens (tertiary/aromatic N) is 3. The number of halogens is 1. The number of hydrogen-bond acceptors (Lipinski definition) is 3. The van der Waals surface area contributed by atoms with Crippen molar-refractivity contribution in [3.63, 3.8) is 0 Å². The van der Waals surface area contributed by atoms with E-state index in [0.29, 0.717) is 5.02 Å². The average Bonchev–Trinajstić information content (AvgIpc) is 2.95. The Kier molecular flexibility index (Phi) is 5.92. The van der Waals surface area contributed by atoms with Crippen LogP contribution >= 0.6 is 11.6 Å². The quantitative estimate of drug-likeness (QED) is 0.719. The molecule has 0 spiro atoms. The van der Waals surface area contributed by atoms with Crippen molar-refractivity contribution in [2.75, 3.05) is 13.1 Å². The summed E-state index contributed by atoms with van der Waals surface area (Å²) in [5.41, 5.74) is 3.14. The van der Waals surface area contributed by atoms with E-state index in [-0.39, 0.29) is 11.7 Å². The predicted molar refractivity (Wildman–Crippen MR) is 101 cm³/mol. The van der Waals surface area contributed by atoms with Gasteiger partial charge in [0.1, 0.15) is 0 Å². The summed E-state index contributed by atoms with van der Waals surface area (Å²) in [6, 6.07) is 7.26. The molecule has 2 aromatic rings. The summed E-state index contributed by atoms with van der Waals surface area (Å²) >= 11 is 5.93. The van der Waals surface area contributed by atoms with Gasteiger partial charge in [-0.05, 0) is 57.0 Å². The number of carbonyl (C=O) groups is 1. The lowest BCUT2D eigenvalue weighted by atomic mass is 9.90. The third kappa shape index (κ3) is 4.50. The Morgan fingerprint density at radius 1 is 1.32 bits per heavy atom. The SMILES string of the molecule is CCCn1cc(CN2CCC[C@@H](C(=O)c3ccc(Cl)cc3)C2)c(C)n1. The second-order valence-electron chi connectivity index (χ2n) is 6.95. The Morgan fingerprint density at radius 3 is 2.80 bits per heavy atom. The minimum absolute atomic E-state index is 0.0703. The summed E-state index contributed by atoms with van der Waals surface area (Å²) in [6.45, 7) is 7.93. The molecule has 0 bridgehead atoms. The van der Waals surface area contributed by atoms with E-state index in [9.17, 15) is 4.79 Å². The number of likely N-dealkylation sites (tertiary alicyclic amines) is 1. The summed E-state index contributed by atoms with van der Waals surface area (Å²) in [5.74, 6) is 0.306. The van der Waals surface area contributed by atoms with E-state index in [1.165, 1.54) is 5.56 Å². The van der Waals surface area contributed by atoms with Crippen molar-refractivity contribution in [3.05, 3.63) is 52.3 Å². The Morgan fingerprint density at radius 2 is 2.08 bits per heavy atom. The molecule has 0 radical (unpaired) electrons. The van der Waals surface area contributed by atoms with Crippen LogP contribution < -0.4 is 0 Å². The Labute approximate surface area is 154 Å². The molecule has 1 aliphatic heterocycles. The highest BCUT2D eigenvalue weighted by Gasteiger charge is 2.27. The molecule has 4 nitrogen and oxygen atoms in total. The Bertz CT molecular complexity index is 723. The average molecular weight is 360 g/mol.